The van der Waals surface area contributed by atoms with Crippen LogP contribution in [0.15, 0.2) is 0 Å². The first-order chi connectivity index (χ1) is 5.66. The molecule has 14 heavy (non-hydrogen) atoms. The quantitative estimate of drug-likeness (QED) is 0.345. The summed E-state index contributed by atoms with van der Waals surface area (Å²) in [5.41, 5.74) is 0. The molecule has 1 radical (unpaired) electrons. The van der Waals surface area contributed by atoms with Crippen LogP contribution in [-0.4, -0.2) is 20.6 Å². The van der Waals surface area contributed by atoms with Crippen LogP contribution in [0.1, 0.15) is 0 Å². The fraction of sp³-hybridized carbons (Fsp3) is 0. The molecule has 0 bridgehead atoms. The SMILES string of the molecule is [Fe+3].[K+].[N-]=C=S.[N-]=C=S.[N-]=C=S.[N-]=C=S. The van der Waals surface area contributed by atoms with E-state index in [1.165, 1.54) is 20.6 Å². The number of hydrogen-bond donors (Lipinski definition) is 0. The zero-order valence-electron chi connectivity index (χ0n) is 6.78. The summed E-state index contributed by atoms with van der Waals surface area (Å²) in [6, 6.07) is 0. The van der Waals surface area contributed by atoms with Gasteiger partial charge in [-0.25, -0.2) is 0 Å². The largest absolute Gasteiger partial charge is 3.00 e. The van der Waals surface area contributed by atoms with Crippen molar-refractivity contribution in [3.8, 4) is 0 Å². The summed E-state index contributed by atoms with van der Waals surface area (Å²) in [4.78, 5) is 0. The number of rotatable bonds is 0. The predicted molar refractivity (Wildman–Crippen MR) is 63.8 cm³/mol. The van der Waals surface area contributed by atoms with Crippen molar-refractivity contribution >= 4 is 69.5 Å². The van der Waals surface area contributed by atoms with Gasteiger partial charge in [-0.05, 0) is 0 Å². The van der Waals surface area contributed by atoms with E-state index in [4.69, 9.17) is 21.6 Å². The first-order valence-electron chi connectivity index (χ1n) is 1.71. The minimum absolute atomic E-state index is 0. The molecule has 0 aliphatic heterocycles. The Morgan fingerprint density at radius 1 is 0.571 bits per heavy atom. The van der Waals surface area contributed by atoms with E-state index < -0.39 is 0 Å². The molecule has 0 rings (SSSR count). The second-order valence-electron chi connectivity index (χ2n) is 0.365. The molecular weight excluding hydrogens is 327 g/mol. The van der Waals surface area contributed by atoms with E-state index in [2.05, 4.69) is 48.9 Å². The van der Waals surface area contributed by atoms with E-state index in [9.17, 15) is 0 Å². The standard InChI is InChI=1S/4CNS.Fe.K/c4*2-1-3;;/q4*-1;+3;+1. The van der Waals surface area contributed by atoms with Crippen LogP contribution in [0.2, 0.25) is 0 Å². The van der Waals surface area contributed by atoms with Gasteiger partial charge >= 0.3 is 68.5 Å². The molecule has 0 fully saturated rings. The van der Waals surface area contributed by atoms with Gasteiger partial charge in [0.15, 0.2) is 0 Å². The third kappa shape index (κ3) is 1110. The van der Waals surface area contributed by atoms with Gasteiger partial charge in [-0.15, -0.1) is 0 Å². The Morgan fingerprint density at radius 2 is 0.571 bits per heavy atom. The molecule has 0 aromatic rings. The first kappa shape index (κ1) is 36.2. The van der Waals surface area contributed by atoms with Crippen molar-refractivity contribution in [2.24, 2.45) is 0 Å². The molecule has 0 saturated heterocycles. The molecule has 0 aliphatic carbocycles. The first-order valence-corrected chi connectivity index (χ1v) is 3.34. The van der Waals surface area contributed by atoms with Gasteiger partial charge in [-0.1, -0.05) is 48.9 Å². The molecule has 0 aromatic carbocycles. The van der Waals surface area contributed by atoms with Gasteiger partial charge in [-0.2, -0.15) is 20.6 Å². The fourth-order valence-corrected chi connectivity index (χ4v) is 0. The van der Waals surface area contributed by atoms with Crippen molar-refractivity contribution in [2.45, 2.75) is 0 Å². The molecule has 0 aliphatic rings. The Kier molecular flexibility index (Phi) is 231. The van der Waals surface area contributed by atoms with E-state index in [0.29, 0.717) is 0 Å². The van der Waals surface area contributed by atoms with E-state index in [-0.39, 0.29) is 68.5 Å². The molecule has 4 nitrogen and oxygen atoms in total. The normalized spacial score (nSPS) is 2.29. The molecule has 0 heterocycles. The summed E-state index contributed by atoms with van der Waals surface area (Å²) in [7, 11) is 0. The number of thiocarbonyl (C=S) groups is 4. The molecule has 0 N–H and O–H groups in total. The topological polar surface area (TPSA) is 89.2 Å². The molecule has 0 aromatic heterocycles. The summed E-state index contributed by atoms with van der Waals surface area (Å²) in [6.07, 6.45) is 0. The van der Waals surface area contributed by atoms with E-state index >= 15 is 0 Å². The van der Waals surface area contributed by atoms with E-state index in [1.807, 2.05) is 0 Å². The summed E-state index contributed by atoms with van der Waals surface area (Å²) in [5, 5.41) is 33.9. The monoisotopic (exact) mass is 327 g/mol. The Labute approximate surface area is 157 Å². The minimum Gasteiger partial charge on any atom is -0.753 e. The van der Waals surface area contributed by atoms with Crippen molar-refractivity contribution < 1.29 is 68.5 Å². The van der Waals surface area contributed by atoms with Gasteiger partial charge < -0.3 is 21.6 Å². The number of nitrogens with zero attached hydrogens (tertiary/aromatic N) is 4. The predicted octanol–water partition coefficient (Wildman–Crippen LogP) is -0.364. The Hall–Kier alpha value is 1.36. The van der Waals surface area contributed by atoms with Crippen LogP contribution in [0, 0.1) is 0 Å². The molecule has 69 valence electrons. The van der Waals surface area contributed by atoms with Crippen molar-refractivity contribution in [1.29, 1.82) is 0 Å². The summed E-state index contributed by atoms with van der Waals surface area (Å²) in [6.45, 7) is 0. The molecule has 0 atom stereocenters. The van der Waals surface area contributed by atoms with Crippen molar-refractivity contribution in [3.63, 3.8) is 0 Å². The van der Waals surface area contributed by atoms with Crippen LogP contribution in [0.4, 0.5) is 0 Å². The van der Waals surface area contributed by atoms with E-state index in [1.54, 1.807) is 0 Å². The third-order valence-corrected chi connectivity index (χ3v) is 0. The minimum atomic E-state index is 0. The number of hydrogen-bond acceptors (Lipinski definition) is 4. The smallest absolute Gasteiger partial charge is 0.753 e. The van der Waals surface area contributed by atoms with E-state index in [0.717, 1.165) is 0 Å². The summed E-state index contributed by atoms with van der Waals surface area (Å²) in [5.74, 6) is 0. The zero-order valence-corrected chi connectivity index (χ0v) is 14.3. The molecule has 0 unspecified atom stereocenters. The van der Waals surface area contributed by atoms with Gasteiger partial charge in [0, 0.05) is 0 Å². The molecule has 0 amide bonds. The van der Waals surface area contributed by atoms with Gasteiger partial charge in [-0.3, -0.25) is 0 Å². The molecule has 0 spiro atoms. The van der Waals surface area contributed by atoms with Crippen LogP contribution in [0.25, 0.3) is 21.6 Å². The summed E-state index contributed by atoms with van der Waals surface area (Å²) < 4.78 is 0. The molecule has 0 saturated carbocycles. The molecule has 10 heteroatoms. The van der Waals surface area contributed by atoms with Crippen LogP contribution < -0.4 is 51.4 Å². The average molecular weight is 327 g/mol. The van der Waals surface area contributed by atoms with Crippen LogP contribution in [-0.2, 0) is 17.1 Å². The Balaban J connectivity index is -0.0000000145. The van der Waals surface area contributed by atoms with Crippen LogP contribution >= 0.6 is 48.9 Å². The zero-order chi connectivity index (χ0) is 10.8. The number of isothiocyanates is 4. The molecular formula is C4FeKN4S4. The van der Waals surface area contributed by atoms with Crippen molar-refractivity contribution in [1.82, 2.24) is 0 Å². The van der Waals surface area contributed by atoms with Gasteiger partial charge in [0.1, 0.15) is 0 Å². The maximum atomic E-state index is 7.13. The fourth-order valence-electron chi connectivity index (χ4n) is 0. The van der Waals surface area contributed by atoms with Crippen LogP contribution in [0.5, 0.6) is 0 Å². The third-order valence-electron chi connectivity index (χ3n) is 0. The van der Waals surface area contributed by atoms with Crippen molar-refractivity contribution in [3.05, 3.63) is 21.6 Å². The average Bonchev–Trinajstić information content (AvgIpc) is 1.92. The van der Waals surface area contributed by atoms with Crippen LogP contribution in [0.3, 0.4) is 0 Å². The second kappa shape index (κ2) is 89.3. The second-order valence-corrected chi connectivity index (χ2v) is 1.10. The Bertz CT molecular complexity index is 161. The maximum absolute atomic E-state index is 7.13. The van der Waals surface area contributed by atoms with Gasteiger partial charge in [0.25, 0.3) is 0 Å². The Morgan fingerprint density at radius 3 is 0.571 bits per heavy atom. The summed E-state index contributed by atoms with van der Waals surface area (Å²) >= 11 is 14.8. The van der Waals surface area contributed by atoms with Gasteiger partial charge in [0.05, 0.1) is 0 Å². The van der Waals surface area contributed by atoms with Crippen molar-refractivity contribution in [2.75, 3.05) is 0 Å². The van der Waals surface area contributed by atoms with Gasteiger partial charge in [0.2, 0.25) is 0 Å². The maximum Gasteiger partial charge on any atom is 3.00 e.